The predicted octanol–water partition coefficient (Wildman–Crippen LogP) is 2.76. The van der Waals surface area contributed by atoms with Gasteiger partial charge in [0.25, 0.3) is 0 Å². The number of ether oxygens (including phenoxy) is 1. The first kappa shape index (κ1) is 16.9. The van der Waals surface area contributed by atoms with Crippen LogP contribution in [0.1, 0.15) is 47.5 Å². The van der Waals surface area contributed by atoms with Gasteiger partial charge in [-0.3, -0.25) is 0 Å². The molecule has 1 saturated heterocycles. The fourth-order valence-electron chi connectivity index (χ4n) is 2.76. The number of hydrogen-bond donors (Lipinski definition) is 1. The molecule has 1 aliphatic rings. The molecule has 0 aromatic rings. The summed E-state index contributed by atoms with van der Waals surface area (Å²) in [6.07, 6.45) is 2.58. The summed E-state index contributed by atoms with van der Waals surface area (Å²) in [4.78, 5) is 2.65. The zero-order chi connectivity index (χ0) is 14.5. The number of rotatable bonds is 6. The Morgan fingerprint density at radius 3 is 2.26 bits per heavy atom. The third-order valence-electron chi connectivity index (χ3n) is 4.41. The molecule has 0 radical (unpaired) electrons. The van der Waals surface area contributed by atoms with Gasteiger partial charge in [0.05, 0.1) is 0 Å². The fraction of sp³-hybridized carbons (Fsp3) is 1.00. The number of nitrogens with zero attached hydrogens (tertiary/aromatic N) is 1. The van der Waals surface area contributed by atoms with Crippen molar-refractivity contribution in [1.82, 2.24) is 10.2 Å². The van der Waals surface area contributed by atoms with Gasteiger partial charge in [-0.2, -0.15) is 0 Å². The molecule has 0 amide bonds. The van der Waals surface area contributed by atoms with Gasteiger partial charge in [0.15, 0.2) is 0 Å². The van der Waals surface area contributed by atoms with Gasteiger partial charge in [-0.15, -0.1) is 0 Å². The predicted molar refractivity (Wildman–Crippen MR) is 82.6 cm³/mol. The van der Waals surface area contributed by atoms with Crippen molar-refractivity contribution in [2.45, 2.75) is 59.0 Å². The lowest BCUT2D eigenvalue weighted by Gasteiger charge is -2.39. The highest BCUT2D eigenvalue weighted by Crippen LogP contribution is 2.22. The van der Waals surface area contributed by atoms with Crippen molar-refractivity contribution in [2.75, 3.05) is 33.4 Å². The van der Waals surface area contributed by atoms with E-state index in [4.69, 9.17) is 4.74 Å². The highest BCUT2D eigenvalue weighted by atomic mass is 16.5. The second kappa shape index (κ2) is 7.61. The van der Waals surface area contributed by atoms with Crippen LogP contribution in [-0.2, 0) is 4.74 Å². The van der Waals surface area contributed by atoms with E-state index in [1.54, 1.807) is 0 Å². The monoisotopic (exact) mass is 270 g/mol. The number of hydrogen-bond acceptors (Lipinski definition) is 3. The fourth-order valence-corrected chi connectivity index (χ4v) is 2.76. The van der Waals surface area contributed by atoms with Crippen LogP contribution in [0.2, 0.25) is 0 Å². The van der Waals surface area contributed by atoms with Crippen molar-refractivity contribution in [1.29, 1.82) is 0 Å². The molecule has 0 aromatic heterocycles. The molecular weight excluding hydrogens is 236 g/mol. The zero-order valence-corrected chi connectivity index (χ0v) is 13.8. The number of nitrogens with one attached hydrogen (secondary N) is 1. The molecule has 0 spiro atoms. The van der Waals surface area contributed by atoms with Crippen LogP contribution in [0.3, 0.4) is 0 Å². The molecule has 114 valence electrons. The van der Waals surface area contributed by atoms with Crippen molar-refractivity contribution >= 4 is 0 Å². The molecule has 0 aromatic carbocycles. The summed E-state index contributed by atoms with van der Waals surface area (Å²) < 4.78 is 5.27. The highest BCUT2D eigenvalue weighted by molar-refractivity contribution is 4.81. The van der Waals surface area contributed by atoms with Gasteiger partial charge < -0.3 is 15.0 Å². The molecule has 0 aliphatic carbocycles. The molecule has 1 aliphatic heterocycles. The van der Waals surface area contributed by atoms with E-state index in [1.165, 1.54) is 25.9 Å². The Bertz CT molecular complexity index is 242. The SMILES string of the molecule is COCC1CCN(C(C)C(C)CNC(C)(C)C)CC1. The van der Waals surface area contributed by atoms with Crippen molar-refractivity contribution < 1.29 is 4.74 Å². The van der Waals surface area contributed by atoms with Gasteiger partial charge in [0, 0.05) is 25.3 Å². The van der Waals surface area contributed by atoms with Crippen molar-refractivity contribution in [2.24, 2.45) is 11.8 Å². The second-order valence-electron chi connectivity index (χ2n) is 7.28. The maximum absolute atomic E-state index is 5.27. The molecule has 2 unspecified atom stereocenters. The van der Waals surface area contributed by atoms with E-state index in [0.29, 0.717) is 12.0 Å². The maximum atomic E-state index is 5.27. The average Bonchev–Trinajstić information content (AvgIpc) is 2.35. The summed E-state index contributed by atoms with van der Waals surface area (Å²) in [5.41, 5.74) is 0.222. The molecule has 3 nitrogen and oxygen atoms in total. The van der Waals surface area contributed by atoms with E-state index in [9.17, 15) is 0 Å². The van der Waals surface area contributed by atoms with Crippen LogP contribution >= 0.6 is 0 Å². The van der Waals surface area contributed by atoms with Crippen LogP contribution in [0.5, 0.6) is 0 Å². The summed E-state index contributed by atoms with van der Waals surface area (Å²) in [5.74, 6) is 1.47. The first-order chi connectivity index (χ1) is 8.83. The van der Waals surface area contributed by atoms with Crippen LogP contribution in [0, 0.1) is 11.8 Å². The molecule has 19 heavy (non-hydrogen) atoms. The molecule has 1 rings (SSSR count). The highest BCUT2D eigenvalue weighted by Gasteiger charge is 2.26. The van der Waals surface area contributed by atoms with E-state index in [1.807, 2.05) is 7.11 Å². The normalized spacial score (nSPS) is 22.4. The molecule has 0 bridgehead atoms. The van der Waals surface area contributed by atoms with Gasteiger partial charge in [-0.05, 0) is 72.0 Å². The molecule has 2 atom stereocenters. The maximum Gasteiger partial charge on any atom is 0.0491 e. The minimum atomic E-state index is 0.222. The Morgan fingerprint density at radius 1 is 1.21 bits per heavy atom. The average molecular weight is 270 g/mol. The van der Waals surface area contributed by atoms with E-state index < -0.39 is 0 Å². The Hall–Kier alpha value is -0.120. The quantitative estimate of drug-likeness (QED) is 0.803. The van der Waals surface area contributed by atoms with Crippen LogP contribution < -0.4 is 5.32 Å². The summed E-state index contributed by atoms with van der Waals surface area (Å²) >= 11 is 0. The largest absolute Gasteiger partial charge is 0.384 e. The van der Waals surface area contributed by atoms with E-state index in [2.05, 4.69) is 44.8 Å². The zero-order valence-electron chi connectivity index (χ0n) is 13.8. The smallest absolute Gasteiger partial charge is 0.0491 e. The molecular formula is C16H34N2O. The van der Waals surface area contributed by atoms with Crippen molar-refractivity contribution in [3.63, 3.8) is 0 Å². The van der Waals surface area contributed by atoms with Gasteiger partial charge >= 0.3 is 0 Å². The van der Waals surface area contributed by atoms with Gasteiger partial charge in [-0.25, -0.2) is 0 Å². The molecule has 3 heteroatoms. The van der Waals surface area contributed by atoms with Gasteiger partial charge in [-0.1, -0.05) is 6.92 Å². The third-order valence-corrected chi connectivity index (χ3v) is 4.41. The number of likely N-dealkylation sites (tertiary alicyclic amines) is 1. The van der Waals surface area contributed by atoms with Gasteiger partial charge in [0.1, 0.15) is 0 Å². The lowest BCUT2D eigenvalue weighted by Crippen LogP contribution is -2.48. The minimum Gasteiger partial charge on any atom is -0.384 e. The van der Waals surface area contributed by atoms with E-state index in [0.717, 1.165) is 19.1 Å². The second-order valence-corrected chi connectivity index (χ2v) is 7.28. The lowest BCUT2D eigenvalue weighted by molar-refractivity contribution is 0.0685. The number of piperidine rings is 1. The Morgan fingerprint density at radius 2 is 1.79 bits per heavy atom. The molecule has 1 N–H and O–H groups in total. The number of methoxy groups -OCH3 is 1. The van der Waals surface area contributed by atoms with E-state index in [-0.39, 0.29) is 5.54 Å². The summed E-state index contributed by atoms with van der Waals surface area (Å²) in [5, 5.41) is 3.62. The Labute approximate surface area is 120 Å². The van der Waals surface area contributed by atoms with E-state index >= 15 is 0 Å². The summed E-state index contributed by atoms with van der Waals surface area (Å²) in [7, 11) is 1.81. The minimum absolute atomic E-state index is 0.222. The standard InChI is InChI=1S/C16H34N2O/c1-13(11-17-16(3,4)5)14(2)18-9-7-15(8-10-18)12-19-6/h13-15,17H,7-12H2,1-6H3. The topological polar surface area (TPSA) is 24.5 Å². The first-order valence-corrected chi connectivity index (χ1v) is 7.81. The van der Waals surface area contributed by atoms with Crippen LogP contribution in [-0.4, -0.2) is 49.8 Å². The van der Waals surface area contributed by atoms with Crippen LogP contribution in [0.25, 0.3) is 0 Å². The van der Waals surface area contributed by atoms with Gasteiger partial charge in [0.2, 0.25) is 0 Å². The molecule has 0 saturated carbocycles. The summed E-state index contributed by atoms with van der Waals surface area (Å²) in [6, 6.07) is 0.665. The van der Waals surface area contributed by atoms with Crippen molar-refractivity contribution in [3.8, 4) is 0 Å². The molecule has 1 heterocycles. The lowest BCUT2D eigenvalue weighted by atomic mass is 9.93. The van der Waals surface area contributed by atoms with Crippen LogP contribution in [0.4, 0.5) is 0 Å². The first-order valence-electron chi connectivity index (χ1n) is 7.81. The summed E-state index contributed by atoms with van der Waals surface area (Å²) in [6.45, 7) is 16.0. The van der Waals surface area contributed by atoms with Crippen LogP contribution in [0.15, 0.2) is 0 Å². The third kappa shape index (κ3) is 6.24. The Kier molecular flexibility index (Phi) is 6.78. The Balaban J connectivity index is 2.31. The van der Waals surface area contributed by atoms with Crippen molar-refractivity contribution in [3.05, 3.63) is 0 Å². The molecule has 1 fully saturated rings.